The van der Waals surface area contributed by atoms with E-state index in [-0.39, 0.29) is 6.61 Å². The van der Waals surface area contributed by atoms with E-state index in [9.17, 15) is 0 Å². The summed E-state index contributed by atoms with van der Waals surface area (Å²) >= 11 is 5.79. The largest absolute Gasteiger partial charge is 0.487 e. The Labute approximate surface area is 105 Å². The minimum atomic E-state index is -0.0581. The molecule has 0 fully saturated rings. The second kappa shape index (κ2) is 5.66. The molecule has 0 aliphatic rings. The maximum Gasteiger partial charge on any atom is 0.138 e. The van der Waals surface area contributed by atoms with Gasteiger partial charge in [0, 0.05) is 5.02 Å². The van der Waals surface area contributed by atoms with Crippen molar-refractivity contribution in [2.75, 3.05) is 0 Å². The third-order valence-electron chi connectivity index (χ3n) is 2.28. The Kier molecular flexibility index (Phi) is 3.96. The van der Waals surface area contributed by atoms with Crippen LogP contribution in [0.25, 0.3) is 0 Å². The number of ether oxygens (including phenoxy) is 1. The Morgan fingerprint density at radius 3 is 2.47 bits per heavy atom. The number of aliphatic hydroxyl groups excluding tert-OH is 1. The first-order chi connectivity index (χ1) is 8.28. The molecule has 0 aliphatic heterocycles. The zero-order valence-corrected chi connectivity index (χ0v) is 9.89. The summed E-state index contributed by atoms with van der Waals surface area (Å²) in [5.74, 6) is 0.678. The Morgan fingerprint density at radius 1 is 1.12 bits per heavy atom. The topological polar surface area (TPSA) is 42.4 Å². The lowest BCUT2D eigenvalue weighted by molar-refractivity contribution is 0.275. The van der Waals surface area contributed by atoms with Gasteiger partial charge in [0.2, 0.25) is 0 Å². The zero-order valence-electron chi connectivity index (χ0n) is 9.14. The highest BCUT2D eigenvalue weighted by molar-refractivity contribution is 6.30. The molecule has 0 atom stereocenters. The van der Waals surface area contributed by atoms with Crippen LogP contribution in [0, 0.1) is 0 Å². The first-order valence-electron chi connectivity index (χ1n) is 5.21. The van der Waals surface area contributed by atoms with Crippen LogP contribution in [0.4, 0.5) is 0 Å². The van der Waals surface area contributed by atoms with Gasteiger partial charge < -0.3 is 9.84 Å². The lowest BCUT2D eigenvalue weighted by Gasteiger charge is -2.06. The summed E-state index contributed by atoms with van der Waals surface area (Å²) < 4.78 is 5.54. The van der Waals surface area contributed by atoms with Gasteiger partial charge in [-0.3, -0.25) is 4.98 Å². The van der Waals surface area contributed by atoms with Gasteiger partial charge in [-0.05, 0) is 29.8 Å². The fraction of sp³-hybridized carbons (Fsp3) is 0.154. The van der Waals surface area contributed by atoms with Crippen LogP contribution < -0.4 is 4.74 Å². The summed E-state index contributed by atoms with van der Waals surface area (Å²) in [6.45, 7) is 0.411. The van der Waals surface area contributed by atoms with Crippen molar-refractivity contribution in [2.45, 2.75) is 13.2 Å². The molecule has 1 aromatic carbocycles. The molecule has 4 heteroatoms. The first kappa shape index (κ1) is 11.9. The highest BCUT2D eigenvalue weighted by atomic mass is 35.5. The molecule has 3 nitrogen and oxygen atoms in total. The normalized spacial score (nSPS) is 10.2. The van der Waals surface area contributed by atoms with Crippen molar-refractivity contribution in [3.05, 3.63) is 58.9 Å². The summed E-state index contributed by atoms with van der Waals surface area (Å²) in [5, 5.41) is 9.56. The highest BCUT2D eigenvalue weighted by Gasteiger charge is 1.97. The fourth-order valence-electron chi connectivity index (χ4n) is 1.34. The zero-order chi connectivity index (χ0) is 12.1. The van der Waals surface area contributed by atoms with Crippen LogP contribution in [-0.4, -0.2) is 10.1 Å². The van der Waals surface area contributed by atoms with Crippen molar-refractivity contribution in [1.29, 1.82) is 0 Å². The number of aliphatic hydroxyl groups is 1. The Balaban J connectivity index is 1.95. The van der Waals surface area contributed by atoms with Gasteiger partial charge in [0.1, 0.15) is 12.4 Å². The van der Waals surface area contributed by atoms with Crippen LogP contribution in [-0.2, 0) is 13.2 Å². The van der Waals surface area contributed by atoms with Gasteiger partial charge in [-0.25, -0.2) is 0 Å². The summed E-state index contributed by atoms with van der Waals surface area (Å²) in [5.41, 5.74) is 1.67. The molecule has 0 spiro atoms. The van der Waals surface area contributed by atoms with Crippen LogP contribution in [0.15, 0.2) is 42.6 Å². The van der Waals surface area contributed by atoms with Crippen LogP contribution in [0.5, 0.6) is 5.75 Å². The molecule has 0 bridgehead atoms. The van der Waals surface area contributed by atoms with E-state index in [0.29, 0.717) is 23.1 Å². The molecule has 0 radical (unpaired) electrons. The smallest absolute Gasteiger partial charge is 0.138 e. The summed E-state index contributed by atoms with van der Waals surface area (Å²) in [7, 11) is 0. The minimum absolute atomic E-state index is 0.0581. The number of halogens is 1. The van der Waals surface area contributed by atoms with Crippen LogP contribution in [0.1, 0.15) is 11.3 Å². The first-order valence-corrected chi connectivity index (χ1v) is 5.59. The van der Waals surface area contributed by atoms with E-state index in [1.54, 1.807) is 18.3 Å². The van der Waals surface area contributed by atoms with Gasteiger partial charge in [0.15, 0.2) is 0 Å². The van der Waals surface area contributed by atoms with Gasteiger partial charge in [-0.15, -0.1) is 0 Å². The summed E-state index contributed by atoms with van der Waals surface area (Å²) in [4.78, 5) is 4.03. The second-order valence-corrected chi connectivity index (χ2v) is 3.99. The molecule has 1 heterocycles. The predicted molar refractivity (Wildman–Crippen MR) is 65.9 cm³/mol. The summed E-state index contributed by atoms with van der Waals surface area (Å²) in [6.07, 6.45) is 1.60. The molecule has 2 rings (SSSR count). The molecular weight excluding hydrogens is 238 g/mol. The lowest BCUT2D eigenvalue weighted by atomic mass is 10.2. The van der Waals surface area contributed by atoms with Gasteiger partial charge >= 0.3 is 0 Å². The molecule has 0 unspecified atom stereocenters. The number of benzene rings is 1. The molecule has 0 saturated carbocycles. The Bertz CT molecular complexity index is 468. The van der Waals surface area contributed by atoms with Crippen molar-refractivity contribution in [2.24, 2.45) is 0 Å². The van der Waals surface area contributed by atoms with E-state index in [0.717, 1.165) is 5.56 Å². The van der Waals surface area contributed by atoms with Crippen molar-refractivity contribution >= 4 is 11.6 Å². The van der Waals surface area contributed by atoms with E-state index < -0.39 is 0 Å². The van der Waals surface area contributed by atoms with Gasteiger partial charge in [0.05, 0.1) is 18.5 Å². The lowest BCUT2D eigenvalue weighted by Crippen LogP contribution is -1.96. The maximum absolute atomic E-state index is 8.85. The van der Waals surface area contributed by atoms with E-state index >= 15 is 0 Å². The number of hydrogen-bond donors (Lipinski definition) is 1. The SMILES string of the molecule is OCc1ccc(OCc2ccc(Cl)cc2)cn1. The summed E-state index contributed by atoms with van der Waals surface area (Å²) in [6, 6.07) is 11.0. The molecule has 88 valence electrons. The van der Waals surface area contributed by atoms with Crippen molar-refractivity contribution < 1.29 is 9.84 Å². The van der Waals surface area contributed by atoms with Crippen molar-refractivity contribution in [3.63, 3.8) is 0 Å². The number of rotatable bonds is 4. The van der Waals surface area contributed by atoms with Gasteiger partial charge in [-0.1, -0.05) is 23.7 Å². The molecule has 2 aromatic rings. The van der Waals surface area contributed by atoms with Crippen molar-refractivity contribution in [3.8, 4) is 5.75 Å². The monoisotopic (exact) mass is 249 g/mol. The molecule has 0 saturated heterocycles. The van der Waals surface area contributed by atoms with Crippen LogP contribution in [0.3, 0.4) is 0 Å². The maximum atomic E-state index is 8.85. The van der Waals surface area contributed by atoms with E-state index in [1.165, 1.54) is 0 Å². The predicted octanol–water partition coefficient (Wildman–Crippen LogP) is 2.81. The molecule has 1 aromatic heterocycles. The second-order valence-electron chi connectivity index (χ2n) is 3.56. The van der Waals surface area contributed by atoms with E-state index in [1.807, 2.05) is 24.3 Å². The molecular formula is C13H12ClNO2. The third kappa shape index (κ3) is 3.44. The van der Waals surface area contributed by atoms with Crippen LogP contribution >= 0.6 is 11.6 Å². The van der Waals surface area contributed by atoms with Gasteiger partial charge in [-0.2, -0.15) is 0 Å². The fourth-order valence-corrected chi connectivity index (χ4v) is 1.46. The standard InChI is InChI=1S/C13H12ClNO2/c14-11-3-1-10(2-4-11)9-17-13-6-5-12(8-16)15-7-13/h1-7,16H,8-9H2. The number of nitrogens with zero attached hydrogens (tertiary/aromatic N) is 1. The van der Waals surface area contributed by atoms with Crippen LogP contribution in [0.2, 0.25) is 5.02 Å². The molecule has 0 amide bonds. The van der Waals surface area contributed by atoms with Gasteiger partial charge in [0.25, 0.3) is 0 Å². The Morgan fingerprint density at radius 2 is 1.88 bits per heavy atom. The molecule has 17 heavy (non-hydrogen) atoms. The highest BCUT2D eigenvalue weighted by Crippen LogP contribution is 2.14. The third-order valence-corrected chi connectivity index (χ3v) is 2.53. The van der Waals surface area contributed by atoms with E-state index in [4.69, 9.17) is 21.4 Å². The minimum Gasteiger partial charge on any atom is -0.487 e. The average Bonchev–Trinajstić information content (AvgIpc) is 2.39. The quantitative estimate of drug-likeness (QED) is 0.906. The molecule has 1 N–H and O–H groups in total. The number of pyridine rings is 1. The molecule has 0 aliphatic carbocycles. The number of hydrogen-bond acceptors (Lipinski definition) is 3. The average molecular weight is 250 g/mol. The van der Waals surface area contributed by atoms with Crippen molar-refractivity contribution in [1.82, 2.24) is 4.98 Å². The Hall–Kier alpha value is -1.58. The number of aromatic nitrogens is 1. The van der Waals surface area contributed by atoms with E-state index in [2.05, 4.69) is 4.98 Å².